The van der Waals surface area contributed by atoms with Crippen LogP contribution >= 0.6 is 11.8 Å². The number of hydrogen-bond donors (Lipinski definition) is 2. The lowest BCUT2D eigenvalue weighted by molar-refractivity contribution is 0.0696. The molecule has 0 saturated carbocycles. The maximum Gasteiger partial charge on any atom is 0.337 e. The average Bonchev–Trinajstić information content (AvgIpc) is 3.02. The van der Waals surface area contributed by atoms with Gasteiger partial charge in [-0.3, -0.25) is 0 Å². The first-order chi connectivity index (χ1) is 11.1. The van der Waals surface area contributed by atoms with E-state index in [9.17, 15) is 9.90 Å². The van der Waals surface area contributed by atoms with Gasteiger partial charge in [0, 0.05) is 11.1 Å². The molecule has 1 aromatic carbocycles. The van der Waals surface area contributed by atoms with E-state index in [4.69, 9.17) is 9.63 Å². The first kappa shape index (κ1) is 15.0. The van der Waals surface area contributed by atoms with Crippen molar-refractivity contribution in [1.29, 1.82) is 0 Å². The highest BCUT2D eigenvalue weighted by Gasteiger charge is 2.16. The van der Waals surface area contributed by atoms with Crippen LogP contribution in [0.5, 0.6) is 5.75 Å². The molecule has 0 unspecified atom stereocenters. The fraction of sp³-hybridized carbons (Fsp3) is 0.0667. The third-order valence-electron chi connectivity index (χ3n) is 2.90. The highest BCUT2D eigenvalue weighted by Crippen LogP contribution is 2.27. The molecule has 8 heteroatoms. The van der Waals surface area contributed by atoms with Crippen LogP contribution in [0.1, 0.15) is 16.2 Å². The van der Waals surface area contributed by atoms with Gasteiger partial charge in [-0.15, -0.1) is 11.8 Å². The van der Waals surface area contributed by atoms with Crippen molar-refractivity contribution in [1.82, 2.24) is 15.1 Å². The molecule has 3 rings (SSSR count). The van der Waals surface area contributed by atoms with Gasteiger partial charge in [0.15, 0.2) is 5.69 Å². The van der Waals surface area contributed by atoms with E-state index in [2.05, 4.69) is 15.1 Å². The van der Waals surface area contributed by atoms with E-state index in [0.717, 1.165) is 17.2 Å². The second-order valence-electron chi connectivity index (χ2n) is 4.51. The number of aromatic nitrogens is 3. The number of carboxylic acid groups (broad SMARTS) is 1. The zero-order chi connectivity index (χ0) is 16.2. The predicted octanol–water partition coefficient (Wildman–Crippen LogP) is 2.83. The van der Waals surface area contributed by atoms with Gasteiger partial charge < -0.3 is 14.7 Å². The van der Waals surface area contributed by atoms with Gasteiger partial charge in [0.2, 0.25) is 11.7 Å². The average molecular weight is 329 g/mol. The molecule has 23 heavy (non-hydrogen) atoms. The van der Waals surface area contributed by atoms with Crippen LogP contribution in [0.3, 0.4) is 0 Å². The lowest BCUT2D eigenvalue weighted by Crippen LogP contribution is -1.98. The van der Waals surface area contributed by atoms with Gasteiger partial charge in [0.05, 0.1) is 11.3 Å². The lowest BCUT2D eigenvalue weighted by Gasteiger charge is -1.99. The third kappa shape index (κ3) is 3.49. The van der Waals surface area contributed by atoms with Crippen LogP contribution in [0.25, 0.3) is 11.5 Å². The van der Waals surface area contributed by atoms with Crippen molar-refractivity contribution < 1.29 is 19.5 Å². The molecule has 2 heterocycles. The molecule has 0 aliphatic carbocycles. The van der Waals surface area contributed by atoms with Crippen LogP contribution in [0, 0.1) is 0 Å². The molecular formula is C15H11N3O4S. The zero-order valence-electron chi connectivity index (χ0n) is 11.7. The Labute approximate surface area is 135 Å². The van der Waals surface area contributed by atoms with Crippen LogP contribution in [0.15, 0.2) is 52.0 Å². The quantitative estimate of drug-likeness (QED) is 0.688. The molecule has 0 radical (unpaired) electrons. The Kier molecular flexibility index (Phi) is 4.24. The number of rotatable bonds is 5. The summed E-state index contributed by atoms with van der Waals surface area (Å²) in [5, 5.41) is 22.5. The van der Waals surface area contributed by atoms with E-state index >= 15 is 0 Å². The summed E-state index contributed by atoms with van der Waals surface area (Å²) in [6.07, 6.45) is 1.13. The monoisotopic (exact) mass is 329 g/mol. The van der Waals surface area contributed by atoms with Crippen molar-refractivity contribution in [3.8, 4) is 17.3 Å². The van der Waals surface area contributed by atoms with E-state index in [1.165, 1.54) is 11.8 Å². The Balaban J connectivity index is 1.75. The molecule has 7 nitrogen and oxygen atoms in total. The first-order valence-electron chi connectivity index (χ1n) is 6.56. The predicted molar refractivity (Wildman–Crippen MR) is 82.2 cm³/mol. The molecule has 3 aromatic rings. The summed E-state index contributed by atoms with van der Waals surface area (Å²) in [6, 6.07) is 10.9. The number of hydrogen-bond acceptors (Lipinski definition) is 7. The highest BCUT2D eigenvalue weighted by molar-refractivity contribution is 7.98. The number of nitrogens with zero attached hydrogens (tertiary/aromatic N) is 3. The molecule has 0 aliphatic heterocycles. The van der Waals surface area contributed by atoms with Gasteiger partial charge in [-0.05, 0) is 18.2 Å². The second kappa shape index (κ2) is 6.49. The van der Waals surface area contributed by atoms with E-state index in [1.54, 1.807) is 0 Å². The summed E-state index contributed by atoms with van der Waals surface area (Å²) < 4.78 is 5.12. The van der Waals surface area contributed by atoms with Crippen molar-refractivity contribution in [2.45, 2.75) is 10.6 Å². The lowest BCUT2D eigenvalue weighted by atomic mass is 10.2. The Morgan fingerprint density at radius 2 is 2.04 bits per heavy atom. The third-order valence-corrected chi connectivity index (χ3v) is 3.90. The normalized spacial score (nSPS) is 10.6. The highest BCUT2D eigenvalue weighted by atomic mass is 32.2. The van der Waals surface area contributed by atoms with E-state index in [1.807, 2.05) is 30.3 Å². The molecule has 0 saturated heterocycles. The summed E-state index contributed by atoms with van der Waals surface area (Å²) in [7, 11) is 0. The van der Waals surface area contributed by atoms with E-state index < -0.39 is 5.97 Å². The molecule has 0 spiro atoms. The number of pyridine rings is 1. The van der Waals surface area contributed by atoms with Crippen LogP contribution in [-0.2, 0) is 5.75 Å². The van der Waals surface area contributed by atoms with Gasteiger partial charge in [-0.2, -0.15) is 4.98 Å². The fourth-order valence-corrected chi connectivity index (χ4v) is 2.57. The zero-order valence-corrected chi connectivity index (χ0v) is 12.5. The van der Waals surface area contributed by atoms with Crippen molar-refractivity contribution in [2.75, 3.05) is 0 Å². The molecule has 2 N–H and O–H groups in total. The second-order valence-corrected chi connectivity index (χ2v) is 5.56. The van der Waals surface area contributed by atoms with Crippen LogP contribution in [0.2, 0.25) is 0 Å². The molecule has 0 aliphatic rings. The van der Waals surface area contributed by atoms with Crippen molar-refractivity contribution >= 4 is 17.7 Å². The number of aromatic carboxylic acids is 1. The summed E-state index contributed by atoms with van der Waals surface area (Å²) in [5.74, 6) is -0.508. The largest absolute Gasteiger partial charge is 0.506 e. The maximum atomic E-state index is 10.8. The van der Waals surface area contributed by atoms with Crippen molar-refractivity contribution in [2.24, 2.45) is 0 Å². The van der Waals surface area contributed by atoms with Crippen molar-refractivity contribution in [3.05, 3.63) is 54.0 Å². The van der Waals surface area contributed by atoms with Gasteiger partial charge in [0.1, 0.15) is 5.75 Å². The topological polar surface area (TPSA) is 109 Å². The number of benzene rings is 1. The molecule has 0 fully saturated rings. The molecular weight excluding hydrogens is 318 g/mol. The Bertz CT molecular complexity index is 836. The first-order valence-corrected chi connectivity index (χ1v) is 7.55. The van der Waals surface area contributed by atoms with E-state index in [-0.39, 0.29) is 22.8 Å². The van der Waals surface area contributed by atoms with Crippen LogP contribution in [-0.4, -0.2) is 31.3 Å². The summed E-state index contributed by atoms with van der Waals surface area (Å²) in [5.41, 5.74) is -0.0377. The molecule has 0 bridgehead atoms. The number of carbonyl (C=O) groups is 1. The van der Waals surface area contributed by atoms with E-state index in [0.29, 0.717) is 11.6 Å². The molecule has 116 valence electrons. The molecule has 0 atom stereocenters. The standard InChI is InChI=1S/C15H11N3O4S/c19-11-6-9(15(20)21)7-16-13(11)14-17-12(22-18-14)8-23-10-4-2-1-3-5-10/h1-7,19H,8H2,(H,20,21). The minimum Gasteiger partial charge on any atom is -0.506 e. The SMILES string of the molecule is O=C(O)c1cnc(-c2noc(CSc3ccccc3)n2)c(O)c1. The molecule has 2 aromatic heterocycles. The Morgan fingerprint density at radius 3 is 2.74 bits per heavy atom. The number of carboxylic acids is 1. The Hall–Kier alpha value is -2.87. The number of aromatic hydroxyl groups is 1. The maximum absolute atomic E-state index is 10.8. The van der Waals surface area contributed by atoms with Crippen molar-refractivity contribution in [3.63, 3.8) is 0 Å². The fourth-order valence-electron chi connectivity index (χ4n) is 1.81. The minimum absolute atomic E-state index is 0.0784. The summed E-state index contributed by atoms with van der Waals surface area (Å²) >= 11 is 1.54. The minimum atomic E-state index is -1.17. The van der Waals surface area contributed by atoms with Gasteiger partial charge in [-0.1, -0.05) is 23.4 Å². The Morgan fingerprint density at radius 1 is 1.26 bits per heavy atom. The number of thioether (sulfide) groups is 1. The van der Waals surface area contributed by atoms with Crippen LogP contribution < -0.4 is 0 Å². The van der Waals surface area contributed by atoms with Gasteiger partial charge >= 0.3 is 5.97 Å². The van der Waals surface area contributed by atoms with Gasteiger partial charge in [0.25, 0.3) is 0 Å². The summed E-state index contributed by atoms with van der Waals surface area (Å²) in [6.45, 7) is 0. The van der Waals surface area contributed by atoms with Gasteiger partial charge in [-0.25, -0.2) is 9.78 Å². The smallest absolute Gasteiger partial charge is 0.337 e. The molecule has 0 amide bonds. The summed E-state index contributed by atoms with van der Waals surface area (Å²) in [4.78, 5) is 19.9. The van der Waals surface area contributed by atoms with Crippen LogP contribution in [0.4, 0.5) is 0 Å².